The van der Waals surface area contributed by atoms with Crippen molar-refractivity contribution < 1.29 is 18.4 Å². The van der Waals surface area contributed by atoms with Gasteiger partial charge in [0.15, 0.2) is 0 Å². The molecule has 3 amide bonds. The SMILES string of the molecule is O=C1NCCC2(CC(C(=O)N[C@H](c3c(F)ccc(Cl)c3F)C3CCCC3)C2)N1. The van der Waals surface area contributed by atoms with Gasteiger partial charge in [-0.3, -0.25) is 4.79 Å². The maximum absolute atomic E-state index is 14.7. The molecule has 2 aliphatic carbocycles. The van der Waals surface area contributed by atoms with Crippen LogP contribution >= 0.6 is 11.6 Å². The number of rotatable bonds is 4. The molecule has 2 saturated carbocycles. The molecule has 0 unspecified atom stereocenters. The Labute approximate surface area is 167 Å². The lowest BCUT2D eigenvalue weighted by atomic mass is 9.65. The average molecular weight is 412 g/mol. The van der Waals surface area contributed by atoms with E-state index in [4.69, 9.17) is 11.6 Å². The third-order valence-electron chi connectivity index (χ3n) is 6.47. The Balaban J connectivity index is 1.50. The summed E-state index contributed by atoms with van der Waals surface area (Å²) in [5.74, 6) is -1.98. The van der Waals surface area contributed by atoms with E-state index in [-0.39, 0.29) is 39.9 Å². The van der Waals surface area contributed by atoms with Crippen LogP contribution in [0.1, 0.15) is 56.6 Å². The maximum atomic E-state index is 14.7. The lowest BCUT2D eigenvalue weighted by molar-refractivity contribution is -0.131. The van der Waals surface area contributed by atoms with E-state index in [9.17, 15) is 18.4 Å². The van der Waals surface area contributed by atoms with E-state index < -0.39 is 17.7 Å². The molecule has 1 aliphatic heterocycles. The minimum Gasteiger partial charge on any atom is -0.349 e. The van der Waals surface area contributed by atoms with Gasteiger partial charge in [-0.05, 0) is 50.2 Å². The molecule has 0 bridgehead atoms. The molecule has 8 heteroatoms. The Kier molecular flexibility index (Phi) is 5.21. The summed E-state index contributed by atoms with van der Waals surface area (Å²) < 4.78 is 29.2. The number of carbonyl (C=O) groups is 2. The summed E-state index contributed by atoms with van der Waals surface area (Å²) in [6, 6.07) is 1.40. The summed E-state index contributed by atoms with van der Waals surface area (Å²) in [4.78, 5) is 24.4. The van der Waals surface area contributed by atoms with Gasteiger partial charge in [0.25, 0.3) is 0 Å². The van der Waals surface area contributed by atoms with Crippen LogP contribution in [0.3, 0.4) is 0 Å². The molecule has 152 valence electrons. The van der Waals surface area contributed by atoms with E-state index in [0.29, 0.717) is 19.4 Å². The molecule has 0 aromatic heterocycles. The van der Waals surface area contributed by atoms with Crippen molar-refractivity contribution in [1.29, 1.82) is 0 Å². The maximum Gasteiger partial charge on any atom is 0.315 e. The number of amides is 3. The molecule has 0 radical (unpaired) electrons. The van der Waals surface area contributed by atoms with Crippen molar-refractivity contribution in [3.63, 3.8) is 0 Å². The van der Waals surface area contributed by atoms with E-state index >= 15 is 0 Å². The largest absolute Gasteiger partial charge is 0.349 e. The van der Waals surface area contributed by atoms with E-state index in [1.807, 2.05) is 0 Å². The topological polar surface area (TPSA) is 70.2 Å². The first-order valence-corrected chi connectivity index (χ1v) is 10.3. The van der Waals surface area contributed by atoms with Gasteiger partial charge < -0.3 is 16.0 Å². The molecule has 1 heterocycles. The van der Waals surface area contributed by atoms with E-state index in [0.717, 1.165) is 38.2 Å². The standard InChI is InChI=1S/C20H24ClF2N3O2/c21-13-5-6-14(22)15(16(13)23)17(11-3-1-2-4-11)25-18(27)12-9-20(10-12)7-8-24-19(28)26-20/h5-6,11-12,17H,1-4,7-10H2,(H,25,27)(H2,24,26,28)/t12?,17-,20?/m0/s1. The van der Waals surface area contributed by atoms with Gasteiger partial charge in [-0.15, -0.1) is 0 Å². The first kappa shape index (κ1) is 19.4. The molecule has 1 saturated heterocycles. The van der Waals surface area contributed by atoms with Gasteiger partial charge in [0.2, 0.25) is 5.91 Å². The Bertz CT molecular complexity index is 792. The van der Waals surface area contributed by atoms with Crippen LogP contribution in [0.2, 0.25) is 5.02 Å². The molecule has 3 fully saturated rings. The highest BCUT2D eigenvalue weighted by Crippen LogP contribution is 2.43. The van der Waals surface area contributed by atoms with Crippen molar-refractivity contribution >= 4 is 23.5 Å². The average Bonchev–Trinajstić information content (AvgIpc) is 3.16. The highest BCUT2D eigenvalue weighted by atomic mass is 35.5. The predicted octanol–water partition coefficient (Wildman–Crippen LogP) is 3.82. The monoisotopic (exact) mass is 411 g/mol. The Morgan fingerprint density at radius 1 is 1.25 bits per heavy atom. The second-order valence-corrected chi connectivity index (χ2v) is 8.71. The second-order valence-electron chi connectivity index (χ2n) is 8.30. The molecule has 1 aromatic carbocycles. The molecule has 3 N–H and O–H groups in total. The van der Waals surface area contributed by atoms with Gasteiger partial charge in [-0.25, -0.2) is 13.6 Å². The zero-order valence-electron chi connectivity index (χ0n) is 15.5. The summed E-state index contributed by atoms with van der Waals surface area (Å²) in [5.41, 5.74) is -0.475. The zero-order chi connectivity index (χ0) is 19.9. The summed E-state index contributed by atoms with van der Waals surface area (Å²) in [6.07, 6.45) is 5.44. The van der Waals surface area contributed by atoms with Gasteiger partial charge in [0.05, 0.1) is 11.1 Å². The third-order valence-corrected chi connectivity index (χ3v) is 6.76. The van der Waals surface area contributed by atoms with E-state index in [1.54, 1.807) is 0 Å². The van der Waals surface area contributed by atoms with Crippen LogP contribution in [0.25, 0.3) is 0 Å². The Hall–Kier alpha value is -1.89. The minimum absolute atomic E-state index is 0.0148. The number of nitrogens with one attached hydrogen (secondary N) is 3. The predicted molar refractivity (Wildman–Crippen MR) is 101 cm³/mol. The smallest absolute Gasteiger partial charge is 0.315 e. The fourth-order valence-corrected chi connectivity index (χ4v) is 5.12. The van der Waals surface area contributed by atoms with Crippen LogP contribution in [-0.2, 0) is 4.79 Å². The summed E-state index contributed by atoms with van der Waals surface area (Å²) in [7, 11) is 0. The molecule has 1 atom stereocenters. The highest BCUT2D eigenvalue weighted by Gasteiger charge is 2.50. The number of hydrogen-bond donors (Lipinski definition) is 3. The third kappa shape index (κ3) is 3.56. The zero-order valence-corrected chi connectivity index (χ0v) is 16.2. The van der Waals surface area contributed by atoms with Gasteiger partial charge in [0, 0.05) is 23.6 Å². The van der Waals surface area contributed by atoms with Crippen molar-refractivity contribution in [3.8, 4) is 0 Å². The summed E-state index contributed by atoms with van der Waals surface area (Å²) in [6.45, 7) is 0.587. The van der Waals surface area contributed by atoms with Gasteiger partial charge in [0.1, 0.15) is 11.6 Å². The van der Waals surface area contributed by atoms with Crippen LogP contribution in [0, 0.1) is 23.5 Å². The van der Waals surface area contributed by atoms with Crippen LogP contribution in [0.4, 0.5) is 13.6 Å². The minimum atomic E-state index is -0.797. The number of halogens is 3. The van der Waals surface area contributed by atoms with Crippen molar-refractivity contribution in [2.75, 3.05) is 6.54 Å². The molecular formula is C20H24ClF2N3O2. The van der Waals surface area contributed by atoms with Gasteiger partial charge in [-0.2, -0.15) is 0 Å². The number of carbonyl (C=O) groups excluding carboxylic acids is 2. The number of hydrogen-bond acceptors (Lipinski definition) is 2. The summed E-state index contributed by atoms with van der Waals surface area (Å²) >= 11 is 5.88. The number of urea groups is 1. The van der Waals surface area contributed by atoms with Crippen molar-refractivity contribution in [3.05, 3.63) is 34.4 Å². The molecule has 1 aromatic rings. The molecule has 1 spiro atoms. The van der Waals surface area contributed by atoms with Crippen LogP contribution in [0.15, 0.2) is 12.1 Å². The lowest BCUT2D eigenvalue weighted by Gasteiger charge is -2.49. The molecular weight excluding hydrogens is 388 g/mol. The van der Waals surface area contributed by atoms with Gasteiger partial charge >= 0.3 is 6.03 Å². The summed E-state index contributed by atoms with van der Waals surface area (Å²) in [5, 5.41) is 8.39. The lowest BCUT2D eigenvalue weighted by Crippen LogP contribution is -2.66. The van der Waals surface area contributed by atoms with Crippen molar-refractivity contribution in [1.82, 2.24) is 16.0 Å². The van der Waals surface area contributed by atoms with Crippen LogP contribution < -0.4 is 16.0 Å². The second kappa shape index (κ2) is 7.50. The normalized spacial score (nSPS) is 28.4. The fourth-order valence-electron chi connectivity index (χ4n) is 4.95. The number of benzene rings is 1. The van der Waals surface area contributed by atoms with Crippen LogP contribution in [0.5, 0.6) is 0 Å². The fraction of sp³-hybridized carbons (Fsp3) is 0.600. The molecule has 4 rings (SSSR count). The quantitative estimate of drug-likeness (QED) is 0.659. The van der Waals surface area contributed by atoms with E-state index in [2.05, 4.69) is 16.0 Å². The Morgan fingerprint density at radius 2 is 1.96 bits per heavy atom. The first-order valence-electron chi connectivity index (χ1n) is 9.88. The van der Waals surface area contributed by atoms with E-state index in [1.165, 1.54) is 6.07 Å². The highest BCUT2D eigenvalue weighted by molar-refractivity contribution is 6.30. The molecule has 28 heavy (non-hydrogen) atoms. The molecule has 5 nitrogen and oxygen atoms in total. The van der Waals surface area contributed by atoms with Crippen molar-refractivity contribution in [2.24, 2.45) is 11.8 Å². The van der Waals surface area contributed by atoms with Crippen LogP contribution in [-0.4, -0.2) is 24.0 Å². The first-order chi connectivity index (χ1) is 13.4. The van der Waals surface area contributed by atoms with Crippen molar-refractivity contribution in [2.45, 2.75) is 56.5 Å². The van der Waals surface area contributed by atoms with Gasteiger partial charge in [-0.1, -0.05) is 24.4 Å². The Morgan fingerprint density at radius 3 is 2.64 bits per heavy atom. The molecule has 3 aliphatic rings.